The number of benzene rings is 2. The minimum absolute atomic E-state index is 1.03. The second kappa shape index (κ2) is 3.54. The highest BCUT2D eigenvalue weighted by Gasteiger charge is 2.11. The van der Waals surface area contributed by atoms with Gasteiger partial charge in [-0.25, -0.2) is 9.97 Å². The summed E-state index contributed by atoms with van der Waals surface area (Å²) in [5.41, 5.74) is 4.76. The Labute approximate surface area is 110 Å². The molecule has 3 heteroatoms. The van der Waals surface area contributed by atoms with Gasteiger partial charge in [0.15, 0.2) is 0 Å². The molecule has 0 unspecified atom stereocenters. The number of fused-ring (bicyclic) bond motifs is 5. The summed E-state index contributed by atoms with van der Waals surface area (Å²) < 4.78 is 2.23. The van der Waals surface area contributed by atoms with Crippen molar-refractivity contribution in [2.45, 2.75) is 6.92 Å². The fourth-order valence-electron chi connectivity index (χ4n) is 2.86. The Kier molecular flexibility index (Phi) is 1.96. The molecule has 0 bridgehead atoms. The van der Waals surface area contributed by atoms with Gasteiger partial charge in [-0.2, -0.15) is 0 Å². The van der Waals surface area contributed by atoms with E-state index in [1.165, 1.54) is 27.4 Å². The van der Waals surface area contributed by atoms with Gasteiger partial charge in [-0.05, 0) is 31.2 Å². The Morgan fingerprint density at radius 3 is 2.79 bits per heavy atom. The van der Waals surface area contributed by atoms with Gasteiger partial charge in [0.05, 0.1) is 11.0 Å². The molecule has 0 aliphatic heterocycles. The SMILES string of the molecule is Cc1ccc2c(c1)c1c3ncncc3ccc1n2C. The number of aromatic nitrogens is 3. The Balaban J connectivity index is 2.39. The van der Waals surface area contributed by atoms with Crippen molar-refractivity contribution in [1.82, 2.24) is 14.5 Å². The quantitative estimate of drug-likeness (QED) is 0.475. The molecule has 4 rings (SSSR count). The molecule has 92 valence electrons. The average molecular weight is 247 g/mol. The lowest BCUT2D eigenvalue weighted by molar-refractivity contribution is 1.01. The number of rotatable bonds is 0. The van der Waals surface area contributed by atoms with E-state index in [4.69, 9.17) is 0 Å². The van der Waals surface area contributed by atoms with Crippen molar-refractivity contribution in [2.24, 2.45) is 7.05 Å². The van der Waals surface area contributed by atoms with Gasteiger partial charge in [0, 0.05) is 34.9 Å². The van der Waals surface area contributed by atoms with Crippen molar-refractivity contribution >= 4 is 32.7 Å². The Morgan fingerprint density at radius 1 is 1.05 bits per heavy atom. The largest absolute Gasteiger partial charge is 0.344 e. The van der Waals surface area contributed by atoms with Crippen LogP contribution in [0.25, 0.3) is 32.7 Å². The summed E-state index contributed by atoms with van der Waals surface area (Å²) in [5.74, 6) is 0. The molecule has 0 fully saturated rings. The third-order valence-corrected chi connectivity index (χ3v) is 3.80. The summed E-state index contributed by atoms with van der Waals surface area (Å²) in [5, 5.41) is 3.58. The molecule has 0 amide bonds. The first kappa shape index (κ1) is 10.5. The van der Waals surface area contributed by atoms with Crippen molar-refractivity contribution < 1.29 is 0 Å². The predicted octanol–water partition coefficient (Wildman–Crippen LogP) is 3.58. The maximum Gasteiger partial charge on any atom is 0.116 e. The van der Waals surface area contributed by atoms with Crippen molar-refractivity contribution in [3.05, 3.63) is 48.4 Å². The van der Waals surface area contributed by atoms with E-state index in [1.54, 1.807) is 6.33 Å². The van der Waals surface area contributed by atoms with Crippen LogP contribution in [0.3, 0.4) is 0 Å². The van der Waals surface area contributed by atoms with Crippen LogP contribution in [-0.4, -0.2) is 14.5 Å². The van der Waals surface area contributed by atoms with E-state index in [0.29, 0.717) is 0 Å². The third-order valence-electron chi connectivity index (χ3n) is 3.80. The molecule has 2 heterocycles. The molecule has 3 nitrogen and oxygen atoms in total. The zero-order valence-electron chi connectivity index (χ0n) is 10.9. The highest BCUT2D eigenvalue weighted by atomic mass is 14.9. The number of aryl methyl sites for hydroxylation is 2. The van der Waals surface area contributed by atoms with Crippen LogP contribution in [-0.2, 0) is 7.05 Å². The van der Waals surface area contributed by atoms with Crippen molar-refractivity contribution in [3.63, 3.8) is 0 Å². The number of hydrogen-bond donors (Lipinski definition) is 0. The van der Waals surface area contributed by atoms with Gasteiger partial charge in [-0.1, -0.05) is 11.6 Å². The molecule has 0 aliphatic carbocycles. The lowest BCUT2D eigenvalue weighted by Gasteiger charge is -1.99. The van der Waals surface area contributed by atoms with Crippen LogP contribution in [0.5, 0.6) is 0 Å². The van der Waals surface area contributed by atoms with E-state index >= 15 is 0 Å². The Morgan fingerprint density at radius 2 is 1.89 bits per heavy atom. The lowest BCUT2D eigenvalue weighted by atomic mass is 10.1. The number of nitrogens with zero attached hydrogens (tertiary/aromatic N) is 3. The summed E-state index contributed by atoms with van der Waals surface area (Å²) in [6.45, 7) is 2.12. The highest BCUT2D eigenvalue weighted by molar-refractivity contribution is 6.19. The highest BCUT2D eigenvalue weighted by Crippen LogP contribution is 2.33. The summed E-state index contributed by atoms with van der Waals surface area (Å²) >= 11 is 0. The van der Waals surface area contributed by atoms with Gasteiger partial charge < -0.3 is 4.57 Å². The molecule has 0 spiro atoms. The van der Waals surface area contributed by atoms with E-state index in [0.717, 1.165) is 10.9 Å². The van der Waals surface area contributed by atoms with Crippen LogP contribution in [0.1, 0.15) is 5.56 Å². The third kappa shape index (κ3) is 1.32. The van der Waals surface area contributed by atoms with Gasteiger partial charge in [-0.3, -0.25) is 0 Å². The topological polar surface area (TPSA) is 30.7 Å². The van der Waals surface area contributed by atoms with Crippen LogP contribution in [0.15, 0.2) is 42.9 Å². The van der Waals surface area contributed by atoms with Crippen molar-refractivity contribution in [1.29, 1.82) is 0 Å². The fourth-order valence-corrected chi connectivity index (χ4v) is 2.86. The molecule has 2 aromatic carbocycles. The first-order valence-corrected chi connectivity index (χ1v) is 6.33. The molecule has 0 aliphatic rings. The van der Waals surface area contributed by atoms with Gasteiger partial charge in [0.2, 0.25) is 0 Å². The van der Waals surface area contributed by atoms with Crippen LogP contribution >= 0.6 is 0 Å². The molecule has 19 heavy (non-hydrogen) atoms. The zero-order valence-corrected chi connectivity index (χ0v) is 10.9. The summed E-state index contributed by atoms with van der Waals surface area (Å²) in [4.78, 5) is 8.58. The van der Waals surface area contributed by atoms with Crippen LogP contribution in [0.4, 0.5) is 0 Å². The monoisotopic (exact) mass is 247 g/mol. The second-order valence-corrected chi connectivity index (χ2v) is 5.00. The Hall–Kier alpha value is -2.42. The molecule has 0 radical (unpaired) electrons. The molecule has 4 aromatic rings. The van der Waals surface area contributed by atoms with Crippen molar-refractivity contribution in [3.8, 4) is 0 Å². The maximum atomic E-state index is 4.48. The number of hydrogen-bond acceptors (Lipinski definition) is 2. The van der Waals surface area contributed by atoms with Crippen LogP contribution in [0, 0.1) is 6.92 Å². The molecule has 0 saturated carbocycles. The van der Waals surface area contributed by atoms with E-state index in [9.17, 15) is 0 Å². The molecular formula is C16H13N3. The van der Waals surface area contributed by atoms with E-state index in [2.05, 4.69) is 58.8 Å². The fraction of sp³-hybridized carbons (Fsp3) is 0.125. The summed E-state index contributed by atoms with van der Waals surface area (Å²) in [6.07, 6.45) is 3.49. The second-order valence-electron chi connectivity index (χ2n) is 5.00. The van der Waals surface area contributed by atoms with E-state index in [-0.39, 0.29) is 0 Å². The van der Waals surface area contributed by atoms with Gasteiger partial charge in [0.1, 0.15) is 6.33 Å². The molecule has 0 atom stereocenters. The molecular weight excluding hydrogens is 234 g/mol. The Bertz CT molecular complexity index is 935. The van der Waals surface area contributed by atoms with E-state index < -0.39 is 0 Å². The first-order valence-electron chi connectivity index (χ1n) is 6.33. The molecule has 0 N–H and O–H groups in total. The van der Waals surface area contributed by atoms with Crippen molar-refractivity contribution in [2.75, 3.05) is 0 Å². The van der Waals surface area contributed by atoms with Gasteiger partial charge in [-0.15, -0.1) is 0 Å². The first-order chi connectivity index (χ1) is 9.25. The summed E-state index contributed by atoms with van der Waals surface area (Å²) in [6, 6.07) is 10.8. The average Bonchev–Trinajstić information content (AvgIpc) is 2.72. The van der Waals surface area contributed by atoms with E-state index in [1.807, 2.05) is 6.20 Å². The minimum Gasteiger partial charge on any atom is -0.344 e. The van der Waals surface area contributed by atoms with Gasteiger partial charge >= 0.3 is 0 Å². The standard InChI is InChI=1S/C16H13N3/c1-10-3-5-13-12(7-10)15-14(19(13)2)6-4-11-8-17-9-18-16(11)15/h3-9H,1-2H3. The maximum absolute atomic E-state index is 4.48. The smallest absolute Gasteiger partial charge is 0.116 e. The van der Waals surface area contributed by atoms with Crippen LogP contribution in [0.2, 0.25) is 0 Å². The minimum atomic E-state index is 1.03. The normalized spacial score (nSPS) is 11.7. The molecule has 0 saturated heterocycles. The predicted molar refractivity (Wildman–Crippen MR) is 78.3 cm³/mol. The lowest BCUT2D eigenvalue weighted by Crippen LogP contribution is -1.87. The van der Waals surface area contributed by atoms with Crippen LogP contribution < -0.4 is 0 Å². The molecule has 2 aromatic heterocycles. The zero-order chi connectivity index (χ0) is 13.0. The summed E-state index contributed by atoms with van der Waals surface area (Å²) in [7, 11) is 2.10. The van der Waals surface area contributed by atoms with Gasteiger partial charge in [0.25, 0.3) is 0 Å².